The van der Waals surface area contributed by atoms with Crippen LogP contribution in [-0.4, -0.2) is 4.98 Å². The summed E-state index contributed by atoms with van der Waals surface area (Å²) < 4.78 is 26.0. The number of benzene rings is 1. The van der Waals surface area contributed by atoms with Crippen LogP contribution in [0, 0.1) is 25.5 Å². The molecule has 0 saturated carbocycles. The van der Waals surface area contributed by atoms with Crippen molar-refractivity contribution in [1.82, 2.24) is 4.98 Å². The maximum Gasteiger partial charge on any atom is 0.161 e. The highest BCUT2D eigenvalue weighted by Crippen LogP contribution is 2.26. The Labute approximate surface area is 85.7 Å². The van der Waals surface area contributed by atoms with Crippen molar-refractivity contribution in [2.75, 3.05) is 5.73 Å². The molecule has 1 aromatic heterocycles. The average molecular weight is 208 g/mol. The molecule has 78 valence electrons. The molecule has 1 aromatic carbocycles. The van der Waals surface area contributed by atoms with Gasteiger partial charge < -0.3 is 5.73 Å². The lowest BCUT2D eigenvalue weighted by molar-refractivity contribution is 0.510. The van der Waals surface area contributed by atoms with E-state index in [1.807, 2.05) is 0 Å². The Hall–Kier alpha value is -1.71. The highest BCUT2D eigenvalue weighted by molar-refractivity contribution is 5.92. The number of aryl methyl sites for hydroxylation is 1. The number of fused-ring (bicyclic) bond motifs is 1. The number of hydrogen-bond acceptors (Lipinski definition) is 2. The second-order valence-electron chi connectivity index (χ2n) is 3.52. The predicted molar refractivity (Wildman–Crippen MR) is 55.5 cm³/mol. The topological polar surface area (TPSA) is 38.9 Å². The molecule has 2 aromatic rings. The third-order valence-electron chi connectivity index (χ3n) is 2.56. The van der Waals surface area contributed by atoms with Crippen molar-refractivity contribution in [3.05, 3.63) is 35.0 Å². The first-order valence-electron chi connectivity index (χ1n) is 4.52. The number of nitrogens with zero attached hydrogens (tertiary/aromatic N) is 1. The van der Waals surface area contributed by atoms with E-state index in [1.54, 1.807) is 13.8 Å². The first-order chi connectivity index (χ1) is 7.00. The minimum atomic E-state index is -0.905. The van der Waals surface area contributed by atoms with E-state index in [0.29, 0.717) is 16.6 Å². The Morgan fingerprint density at radius 1 is 1.13 bits per heavy atom. The standard InChI is InChI=1S/C11H10F2N2/c1-5-6(2)15-10-4-9(13)8(12)3-7(10)11(5)14/h3-4H,1-2H3,(H2,14,15). The van der Waals surface area contributed by atoms with Gasteiger partial charge in [-0.1, -0.05) is 0 Å². The fraction of sp³-hybridized carbons (Fsp3) is 0.182. The Morgan fingerprint density at radius 3 is 2.40 bits per heavy atom. The fourth-order valence-electron chi connectivity index (χ4n) is 1.51. The lowest BCUT2D eigenvalue weighted by Gasteiger charge is -2.08. The molecule has 4 heteroatoms. The monoisotopic (exact) mass is 208 g/mol. The summed E-state index contributed by atoms with van der Waals surface area (Å²) in [7, 11) is 0. The Morgan fingerprint density at radius 2 is 1.73 bits per heavy atom. The quantitative estimate of drug-likeness (QED) is 0.722. The number of aromatic nitrogens is 1. The number of pyridine rings is 1. The zero-order valence-electron chi connectivity index (χ0n) is 8.44. The smallest absolute Gasteiger partial charge is 0.161 e. The van der Waals surface area contributed by atoms with Crippen molar-refractivity contribution in [2.45, 2.75) is 13.8 Å². The molecule has 2 nitrogen and oxygen atoms in total. The minimum absolute atomic E-state index is 0.384. The van der Waals surface area contributed by atoms with Crippen molar-refractivity contribution < 1.29 is 8.78 Å². The molecule has 0 aliphatic rings. The van der Waals surface area contributed by atoms with Gasteiger partial charge in [0.05, 0.1) is 5.52 Å². The number of nitrogen functional groups attached to an aromatic ring is 1. The average Bonchev–Trinajstić information content (AvgIpc) is 2.19. The lowest BCUT2D eigenvalue weighted by atomic mass is 10.1. The first kappa shape index (κ1) is 9.83. The van der Waals surface area contributed by atoms with Gasteiger partial charge in [0.25, 0.3) is 0 Å². The molecule has 0 amide bonds. The van der Waals surface area contributed by atoms with E-state index in [4.69, 9.17) is 5.73 Å². The zero-order chi connectivity index (χ0) is 11.2. The van der Waals surface area contributed by atoms with E-state index in [1.165, 1.54) is 0 Å². The van der Waals surface area contributed by atoms with E-state index in [9.17, 15) is 8.78 Å². The van der Waals surface area contributed by atoms with Gasteiger partial charge in [-0.25, -0.2) is 8.78 Å². The summed E-state index contributed by atoms with van der Waals surface area (Å²) in [5, 5.41) is 0.456. The SMILES string of the molecule is Cc1nc2cc(F)c(F)cc2c(N)c1C. The van der Waals surface area contributed by atoms with Crippen LogP contribution in [-0.2, 0) is 0 Å². The van der Waals surface area contributed by atoms with Crippen LogP contribution in [0.5, 0.6) is 0 Å². The van der Waals surface area contributed by atoms with Crippen molar-refractivity contribution >= 4 is 16.6 Å². The molecule has 0 aliphatic heterocycles. The summed E-state index contributed by atoms with van der Waals surface area (Å²) in [6.07, 6.45) is 0. The van der Waals surface area contributed by atoms with Crippen LogP contribution >= 0.6 is 0 Å². The number of rotatable bonds is 0. The van der Waals surface area contributed by atoms with Gasteiger partial charge in [-0.15, -0.1) is 0 Å². The van der Waals surface area contributed by atoms with Crippen LogP contribution in [0.1, 0.15) is 11.3 Å². The molecule has 0 radical (unpaired) electrons. The molecule has 2 rings (SSSR count). The van der Waals surface area contributed by atoms with Gasteiger partial charge in [0.2, 0.25) is 0 Å². The van der Waals surface area contributed by atoms with Crippen LogP contribution in [0.25, 0.3) is 10.9 Å². The zero-order valence-corrected chi connectivity index (χ0v) is 8.44. The number of halogens is 2. The molecule has 0 fully saturated rings. The maximum atomic E-state index is 13.0. The molecule has 1 heterocycles. The second kappa shape index (κ2) is 3.15. The van der Waals surface area contributed by atoms with E-state index in [2.05, 4.69) is 4.98 Å². The number of hydrogen-bond donors (Lipinski definition) is 1. The third kappa shape index (κ3) is 1.42. The normalized spacial score (nSPS) is 10.9. The second-order valence-corrected chi connectivity index (χ2v) is 3.52. The van der Waals surface area contributed by atoms with Gasteiger partial charge >= 0.3 is 0 Å². The largest absolute Gasteiger partial charge is 0.398 e. The summed E-state index contributed by atoms with van der Waals surface area (Å²) in [4.78, 5) is 4.15. The molecule has 0 saturated heterocycles. The van der Waals surface area contributed by atoms with Gasteiger partial charge in [-0.2, -0.15) is 0 Å². The molecule has 0 spiro atoms. The van der Waals surface area contributed by atoms with E-state index in [0.717, 1.165) is 23.4 Å². The van der Waals surface area contributed by atoms with Crippen molar-refractivity contribution in [2.24, 2.45) is 0 Å². The fourth-order valence-corrected chi connectivity index (χ4v) is 1.51. The van der Waals surface area contributed by atoms with Gasteiger partial charge in [-0.3, -0.25) is 4.98 Å². The summed E-state index contributed by atoms with van der Waals surface area (Å²) in [5.74, 6) is -1.81. The van der Waals surface area contributed by atoms with Crippen LogP contribution in [0.15, 0.2) is 12.1 Å². The highest BCUT2D eigenvalue weighted by Gasteiger charge is 2.10. The summed E-state index contributed by atoms with van der Waals surface area (Å²) in [5.41, 5.74) is 8.18. The Kier molecular flexibility index (Phi) is 2.07. The van der Waals surface area contributed by atoms with E-state index < -0.39 is 11.6 Å². The van der Waals surface area contributed by atoms with Crippen LogP contribution in [0.2, 0.25) is 0 Å². The van der Waals surface area contributed by atoms with E-state index in [-0.39, 0.29) is 0 Å². The van der Waals surface area contributed by atoms with Crippen molar-refractivity contribution in [1.29, 1.82) is 0 Å². The van der Waals surface area contributed by atoms with Crippen molar-refractivity contribution in [3.8, 4) is 0 Å². The predicted octanol–water partition coefficient (Wildman–Crippen LogP) is 2.71. The molecule has 15 heavy (non-hydrogen) atoms. The summed E-state index contributed by atoms with van der Waals surface area (Å²) in [6, 6.07) is 2.15. The summed E-state index contributed by atoms with van der Waals surface area (Å²) >= 11 is 0. The van der Waals surface area contributed by atoms with Crippen LogP contribution < -0.4 is 5.73 Å². The molecular weight excluding hydrogens is 198 g/mol. The lowest BCUT2D eigenvalue weighted by Crippen LogP contribution is -1.99. The Balaban J connectivity index is 2.93. The molecule has 0 bridgehead atoms. The van der Waals surface area contributed by atoms with Crippen molar-refractivity contribution in [3.63, 3.8) is 0 Å². The Bertz CT molecular complexity index is 545. The maximum absolute atomic E-state index is 13.0. The van der Waals surface area contributed by atoms with Crippen LogP contribution in [0.4, 0.5) is 14.5 Å². The van der Waals surface area contributed by atoms with Gasteiger partial charge in [0, 0.05) is 22.8 Å². The third-order valence-corrected chi connectivity index (χ3v) is 2.56. The molecule has 0 aliphatic carbocycles. The highest BCUT2D eigenvalue weighted by atomic mass is 19.2. The number of nitrogens with two attached hydrogens (primary N) is 1. The molecular formula is C11H10F2N2. The van der Waals surface area contributed by atoms with Gasteiger partial charge in [0.15, 0.2) is 11.6 Å². The minimum Gasteiger partial charge on any atom is -0.398 e. The van der Waals surface area contributed by atoms with Crippen LogP contribution in [0.3, 0.4) is 0 Å². The van der Waals surface area contributed by atoms with E-state index >= 15 is 0 Å². The molecule has 0 atom stereocenters. The van der Waals surface area contributed by atoms with Gasteiger partial charge in [0.1, 0.15) is 0 Å². The number of anilines is 1. The summed E-state index contributed by atoms with van der Waals surface area (Å²) in [6.45, 7) is 3.59. The first-order valence-corrected chi connectivity index (χ1v) is 4.52. The molecule has 0 unspecified atom stereocenters. The van der Waals surface area contributed by atoms with Gasteiger partial charge in [-0.05, 0) is 25.5 Å². The molecule has 2 N–H and O–H groups in total.